The molecule has 2 aliphatic rings. The van der Waals surface area contributed by atoms with Crippen molar-refractivity contribution >= 4 is 0 Å². The third kappa shape index (κ3) is 3.83. The number of benzene rings is 2. The smallest absolute Gasteiger partial charge is 0.0230 e. The van der Waals surface area contributed by atoms with Crippen LogP contribution in [-0.4, -0.2) is 18.5 Å². The third-order valence-corrected chi connectivity index (χ3v) is 6.02. The van der Waals surface area contributed by atoms with E-state index in [0.29, 0.717) is 11.8 Å². The number of hydrogen-bond acceptors (Lipinski definition) is 1. The Morgan fingerprint density at radius 3 is 2.46 bits per heavy atom. The highest BCUT2D eigenvalue weighted by molar-refractivity contribution is 5.35. The van der Waals surface area contributed by atoms with Crippen molar-refractivity contribution in [2.24, 2.45) is 11.8 Å². The zero-order valence-corrected chi connectivity index (χ0v) is 15.7. The van der Waals surface area contributed by atoms with Gasteiger partial charge in [-0.05, 0) is 49.3 Å². The Balaban J connectivity index is 1.51. The van der Waals surface area contributed by atoms with Gasteiger partial charge in [-0.3, -0.25) is 0 Å². The van der Waals surface area contributed by atoms with Crippen LogP contribution in [0.25, 0.3) is 0 Å². The first-order chi connectivity index (χ1) is 12.8. The van der Waals surface area contributed by atoms with E-state index in [1.54, 1.807) is 5.57 Å². The number of allylic oxidation sites excluding steroid dienone is 4. The van der Waals surface area contributed by atoms with Gasteiger partial charge in [-0.25, -0.2) is 0 Å². The Kier molecular flexibility index (Phi) is 5.36. The lowest BCUT2D eigenvalue weighted by Gasteiger charge is -2.41. The topological polar surface area (TPSA) is 3.24 Å². The monoisotopic (exact) mass is 343 g/mol. The highest BCUT2D eigenvalue weighted by Crippen LogP contribution is 2.46. The third-order valence-electron chi connectivity index (χ3n) is 6.02. The molecule has 134 valence electrons. The van der Waals surface area contributed by atoms with Crippen molar-refractivity contribution in [2.45, 2.75) is 31.7 Å². The summed E-state index contributed by atoms with van der Waals surface area (Å²) >= 11 is 0. The first-order valence-electron chi connectivity index (χ1n) is 9.96. The van der Waals surface area contributed by atoms with E-state index < -0.39 is 0 Å². The quantitative estimate of drug-likeness (QED) is 0.662. The summed E-state index contributed by atoms with van der Waals surface area (Å²) in [6, 6.07) is 21.9. The van der Waals surface area contributed by atoms with Crippen molar-refractivity contribution in [3.05, 3.63) is 95.6 Å². The largest absolute Gasteiger partial charge is 0.302 e. The minimum atomic E-state index is 0.534. The molecule has 2 aromatic carbocycles. The van der Waals surface area contributed by atoms with Crippen LogP contribution >= 0.6 is 0 Å². The van der Waals surface area contributed by atoms with Crippen LogP contribution in [0.2, 0.25) is 0 Å². The van der Waals surface area contributed by atoms with E-state index in [9.17, 15) is 0 Å². The zero-order valence-electron chi connectivity index (χ0n) is 15.7. The van der Waals surface area contributed by atoms with E-state index in [1.165, 1.54) is 36.9 Å². The van der Waals surface area contributed by atoms with Crippen molar-refractivity contribution in [1.82, 2.24) is 4.90 Å². The number of nitrogens with zero attached hydrogens (tertiary/aromatic N) is 1. The van der Waals surface area contributed by atoms with Gasteiger partial charge >= 0.3 is 0 Å². The fourth-order valence-corrected chi connectivity index (χ4v) is 4.91. The minimum absolute atomic E-state index is 0.534. The minimum Gasteiger partial charge on any atom is -0.302 e. The first-order valence-corrected chi connectivity index (χ1v) is 9.96. The maximum atomic E-state index is 2.52. The van der Waals surface area contributed by atoms with Gasteiger partial charge < -0.3 is 4.90 Å². The van der Waals surface area contributed by atoms with Gasteiger partial charge in [0.2, 0.25) is 0 Å². The second-order valence-electron chi connectivity index (χ2n) is 7.92. The van der Waals surface area contributed by atoms with Crippen LogP contribution in [0.5, 0.6) is 0 Å². The van der Waals surface area contributed by atoms with Gasteiger partial charge in [-0.1, -0.05) is 84.5 Å². The number of rotatable bonds is 5. The van der Waals surface area contributed by atoms with E-state index in [1.807, 2.05) is 0 Å². The van der Waals surface area contributed by atoms with Gasteiger partial charge in [0.25, 0.3) is 0 Å². The maximum Gasteiger partial charge on any atom is 0.0230 e. The van der Waals surface area contributed by atoms with Gasteiger partial charge in [0.1, 0.15) is 0 Å². The summed E-state index contributed by atoms with van der Waals surface area (Å²) in [5.74, 6) is 1.93. The second kappa shape index (κ2) is 8.05. The lowest BCUT2D eigenvalue weighted by atomic mass is 9.65. The van der Waals surface area contributed by atoms with Crippen molar-refractivity contribution in [3.63, 3.8) is 0 Å². The summed E-state index contributed by atoms with van der Waals surface area (Å²) in [6.45, 7) is 2.21. The molecule has 1 fully saturated rings. The molecule has 1 unspecified atom stereocenters. The fraction of sp³-hybridized carbons (Fsp3) is 0.360. The molecule has 4 rings (SSSR count). The molecule has 0 amide bonds. The van der Waals surface area contributed by atoms with Crippen molar-refractivity contribution in [2.75, 3.05) is 13.6 Å². The van der Waals surface area contributed by atoms with Crippen molar-refractivity contribution in [3.8, 4) is 0 Å². The molecule has 0 radical (unpaired) electrons. The molecule has 0 bridgehead atoms. The van der Waals surface area contributed by atoms with E-state index in [-0.39, 0.29) is 0 Å². The molecule has 2 aliphatic carbocycles. The second-order valence-corrected chi connectivity index (χ2v) is 7.92. The number of fused-ring (bicyclic) bond motifs is 1. The van der Waals surface area contributed by atoms with Gasteiger partial charge in [-0.15, -0.1) is 0 Å². The molecule has 0 heterocycles. The molecule has 1 nitrogen and oxygen atoms in total. The SMILES string of the molecule is CN(Cc1ccccc1)CC1CCCC2=CC=C[C@H](c3ccccc3)[C@H]21. The molecule has 2 aromatic rings. The van der Waals surface area contributed by atoms with Gasteiger partial charge in [-0.2, -0.15) is 0 Å². The highest BCUT2D eigenvalue weighted by atomic mass is 15.1. The Bertz CT molecular complexity index is 759. The summed E-state index contributed by atoms with van der Waals surface area (Å²) in [5.41, 5.74) is 4.55. The summed E-state index contributed by atoms with van der Waals surface area (Å²) in [5, 5.41) is 0. The lowest BCUT2D eigenvalue weighted by Crippen LogP contribution is -2.36. The normalized spacial score (nSPS) is 25.0. The van der Waals surface area contributed by atoms with Gasteiger partial charge in [0.05, 0.1) is 0 Å². The molecule has 1 saturated carbocycles. The maximum absolute atomic E-state index is 2.52. The average Bonchev–Trinajstić information content (AvgIpc) is 2.69. The average molecular weight is 344 g/mol. The fourth-order valence-electron chi connectivity index (χ4n) is 4.91. The van der Waals surface area contributed by atoms with Crippen LogP contribution in [0.3, 0.4) is 0 Å². The molecular weight excluding hydrogens is 314 g/mol. The van der Waals surface area contributed by atoms with Crippen molar-refractivity contribution in [1.29, 1.82) is 0 Å². The first kappa shape index (κ1) is 17.3. The molecular formula is C25H29N. The summed E-state index contributed by atoms with van der Waals surface area (Å²) in [7, 11) is 2.28. The van der Waals surface area contributed by atoms with E-state index in [2.05, 4.69) is 90.8 Å². The summed E-state index contributed by atoms with van der Waals surface area (Å²) in [6.07, 6.45) is 11.1. The Morgan fingerprint density at radius 1 is 0.962 bits per heavy atom. The lowest BCUT2D eigenvalue weighted by molar-refractivity contribution is 0.189. The summed E-state index contributed by atoms with van der Waals surface area (Å²) < 4.78 is 0. The highest BCUT2D eigenvalue weighted by Gasteiger charge is 2.36. The van der Waals surface area contributed by atoms with Gasteiger partial charge in [0, 0.05) is 19.0 Å². The van der Waals surface area contributed by atoms with Crippen LogP contribution in [0, 0.1) is 11.8 Å². The van der Waals surface area contributed by atoms with Gasteiger partial charge in [0.15, 0.2) is 0 Å². The molecule has 0 N–H and O–H groups in total. The van der Waals surface area contributed by atoms with Crippen LogP contribution in [0.15, 0.2) is 84.5 Å². The molecule has 3 atom stereocenters. The summed E-state index contributed by atoms with van der Waals surface area (Å²) in [4.78, 5) is 2.52. The van der Waals surface area contributed by atoms with E-state index in [0.717, 1.165) is 12.5 Å². The van der Waals surface area contributed by atoms with E-state index in [4.69, 9.17) is 0 Å². The zero-order chi connectivity index (χ0) is 17.8. The number of hydrogen-bond donors (Lipinski definition) is 0. The predicted octanol–water partition coefficient (Wildman–Crippen LogP) is 5.81. The Labute approximate surface area is 158 Å². The molecule has 0 aromatic heterocycles. The molecule has 0 aliphatic heterocycles. The molecule has 26 heavy (non-hydrogen) atoms. The van der Waals surface area contributed by atoms with Crippen LogP contribution in [-0.2, 0) is 6.54 Å². The Morgan fingerprint density at radius 2 is 1.69 bits per heavy atom. The van der Waals surface area contributed by atoms with Crippen LogP contribution in [0.1, 0.15) is 36.3 Å². The Hall–Kier alpha value is -2.12. The van der Waals surface area contributed by atoms with E-state index >= 15 is 0 Å². The molecule has 0 spiro atoms. The predicted molar refractivity (Wildman–Crippen MR) is 110 cm³/mol. The van der Waals surface area contributed by atoms with Crippen LogP contribution < -0.4 is 0 Å². The van der Waals surface area contributed by atoms with Crippen LogP contribution in [0.4, 0.5) is 0 Å². The molecule has 0 saturated heterocycles. The molecule has 1 heteroatoms. The standard InChI is InChI=1S/C25H29N/c1-26(18-20-10-4-2-5-11-20)19-23-16-8-14-22-15-9-17-24(25(22)23)21-12-6-3-7-13-21/h2-7,9-13,15,17,23-25H,8,14,16,18-19H2,1H3/t23?,24-,25-/m1/s1. The van der Waals surface area contributed by atoms with Crippen molar-refractivity contribution < 1.29 is 0 Å².